The van der Waals surface area contributed by atoms with Crippen LogP contribution in [-0.4, -0.2) is 39.6 Å². The van der Waals surface area contributed by atoms with E-state index in [1.807, 2.05) is 11.0 Å². The molecule has 1 aliphatic rings. The van der Waals surface area contributed by atoms with E-state index in [0.717, 1.165) is 18.8 Å². The van der Waals surface area contributed by atoms with Crippen LogP contribution in [0, 0.1) is 5.82 Å². The van der Waals surface area contributed by atoms with Crippen LogP contribution >= 0.6 is 11.3 Å². The summed E-state index contributed by atoms with van der Waals surface area (Å²) in [6.07, 6.45) is 1.55. The van der Waals surface area contributed by atoms with Crippen molar-refractivity contribution in [3.63, 3.8) is 0 Å². The molecule has 1 fully saturated rings. The van der Waals surface area contributed by atoms with Crippen LogP contribution in [-0.2, 0) is 10.0 Å². The summed E-state index contributed by atoms with van der Waals surface area (Å²) in [7, 11) is -3.65. The number of hydrogen-bond acceptors (Lipinski definition) is 6. The third-order valence-electron chi connectivity index (χ3n) is 4.64. The summed E-state index contributed by atoms with van der Waals surface area (Å²) in [6, 6.07) is 13.6. The SMILES string of the molecule is O=S(=O)(Nc1nccs1)c1ccc(N2CCN(c3ccccc3F)CC2)cc1. The maximum Gasteiger partial charge on any atom is 0.263 e. The molecular formula is C19H19FN4O2S2. The van der Waals surface area contributed by atoms with Gasteiger partial charge in [-0.25, -0.2) is 17.8 Å². The van der Waals surface area contributed by atoms with E-state index >= 15 is 0 Å². The first-order valence-electron chi connectivity index (χ1n) is 8.80. The normalized spacial score (nSPS) is 14.9. The van der Waals surface area contributed by atoms with E-state index < -0.39 is 10.0 Å². The first-order valence-corrected chi connectivity index (χ1v) is 11.2. The highest BCUT2D eigenvalue weighted by atomic mass is 32.2. The van der Waals surface area contributed by atoms with Crippen molar-refractivity contribution in [1.82, 2.24) is 4.98 Å². The minimum absolute atomic E-state index is 0.191. The van der Waals surface area contributed by atoms with E-state index in [4.69, 9.17) is 0 Å². The molecule has 146 valence electrons. The van der Waals surface area contributed by atoms with Crippen molar-refractivity contribution in [2.45, 2.75) is 4.90 Å². The molecule has 0 saturated carbocycles. The van der Waals surface area contributed by atoms with Gasteiger partial charge in [-0.3, -0.25) is 4.72 Å². The van der Waals surface area contributed by atoms with Gasteiger partial charge in [0.2, 0.25) is 0 Å². The Bertz CT molecular complexity index is 1030. The van der Waals surface area contributed by atoms with Gasteiger partial charge in [-0.05, 0) is 36.4 Å². The smallest absolute Gasteiger partial charge is 0.263 e. The first-order chi connectivity index (χ1) is 13.5. The molecule has 0 unspecified atom stereocenters. The van der Waals surface area contributed by atoms with Crippen molar-refractivity contribution in [2.75, 3.05) is 40.7 Å². The third-order valence-corrected chi connectivity index (χ3v) is 6.81. The molecule has 9 heteroatoms. The monoisotopic (exact) mass is 418 g/mol. The number of nitrogens with zero attached hydrogens (tertiary/aromatic N) is 3. The van der Waals surface area contributed by atoms with Gasteiger partial charge in [-0.2, -0.15) is 0 Å². The van der Waals surface area contributed by atoms with Crippen molar-refractivity contribution in [3.05, 3.63) is 65.9 Å². The molecule has 4 rings (SSSR count). The molecule has 1 aromatic heterocycles. The van der Waals surface area contributed by atoms with Crippen LogP contribution in [0.25, 0.3) is 0 Å². The maximum atomic E-state index is 14.0. The molecule has 0 amide bonds. The lowest BCUT2D eigenvalue weighted by atomic mass is 10.2. The standard InChI is InChI=1S/C19H19FN4O2S2/c20-17-3-1-2-4-18(17)24-12-10-23(11-13-24)15-5-7-16(8-6-15)28(25,26)22-19-21-9-14-27-19/h1-9,14H,10-13H2,(H,21,22). The van der Waals surface area contributed by atoms with E-state index in [9.17, 15) is 12.8 Å². The molecule has 28 heavy (non-hydrogen) atoms. The number of anilines is 3. The van der Waals surface area contributed by atoms with Crippen molar-refractivity contribution in [1.29, 1.82) is 0 Å². The number of sulfonamides is 1. The van der Waals surface area contributed by atoms with Crippen LogP contribution < -0.4 is 14.5 Å². The van der Waals surface area contributed by atoms with E-state index in [-0.39, 0.29) is 10.7 Å². The maximum absolute atomic E-state index is 14.0. The minimum Gasteiger partial charge on any atom is -0.368 e. The van der Waals surface area contributed by atoms with Gasteiger partial charge in [-0.1, -0.05) is 12.1 Å². The second-order valence-corrected chi connectivity index (χ2v) is 8.94. The fraction of sp³-hybridized carbons (Fsp3) is 0.211. The fourth-order valence-electron chi connectivity index (χ4n) is 3.20. The first kappa shape index (κ1) is 18.7. The molecule has 1 saturated heterocycles. The second kappa shape index (κ2) is 7.76. The highest BCUT2D eigenvalue weighted by Gasteiger charge is 2.21. The Balaban J connectivity index is 1.42. The summed E-state index contributed by atoms with van der Waals surface area (Å²) in [5.41, 5.74) is 1.57. The number of rotatable bonds is 5. The van der Waals surface area contributed by atoms with Crippen molar-refractivity contribution >= 4 is 37.9 Å². The van der Waals surface area contributed by atoms with Gasteiger partial charge < -0.3 is 9.80 Å². The highest BCUT2D eigenvalue weighted by Crippen LogP contribution is 2.24. The van der Waals surface area contributed by atoms with E-state index in [1.165, 1.54) is 17.4 Å². The molecule has 2 heterocycles. The number of thiazole rings is 1. The van der Waals surface area contributed by atoms with E-state index in [2.05, 4.69) is 14.6 Å². The van der Waals surface area contributed by atoms with Crippen LogP contribution in [0.4, 0.5) is 20.9 Å². The van der Waals surface area contributed by atoms with Crippen molar-refractivity contribution < 1.29 is 12.8 Å². The van der Waals surface area contributed by atoms with E-state index in [1.54, 1.807) is 48.0 Å². The Morgan fingerprint density at radius 2 is 1.64 bits per heavy atom. The number of para-hydroxylation sites is 1. The van der Waals surface area contributed by atoms with Crippen LogP contribution in [0.5, 0.6) is 0 Å². The summed E-state index contributed by atoms with van der Waals surface area (Å²) in [6.45, 7) is 2.87. The van der Waals surface area contributed by atoms with Gasteiger partial charge in [0.25, 0.3) is 10.0 Å². The largest absolute Gasteiger partial charge is 0.368 e. The zero-order valence-corrected chi connectivity index (χ0v) is 16.6. The Hall–Kier alpha value is -2.65. The average molecular weight is 419 g/mol. The topological polar surface area (TPSA) is 65.5 Å². The van der Waals surface area contributed by atoms with E-state index in [0.29, 0.717) is 23.9 Å². The molecule has 0 bridgehead atoms. The summed E-state index contributed by atoms with van der Waals surface area (Å²) >= 11 is 1.23. The van der Waals surface area contributed by atoms with Crippen molar-refractivity contribution in [3.8, 4) is 0 Å². The number of piperazine rings is 1. The molecule has 1 aliphatic heterocycles. The molecule has 0 aliphatic carbocycles. The Morgan fingerprint density at radius 3 is 2.29 bits per heavy atom. The fourth-order valence-corrected chi connectivity index (χ4v) is 4.99. The predicted molar refractivity (Wildman–Crippen MR) is 110 cm³/mol. The summed E-state index contributed by atoms with van der Waals surface area (Å²) in [5.74, 6) is -0.210. The number of nitrogens with one attached hydrogen (secondary N) is 1. The zero-order valence-electron chi connectivity index (χ0n) is 15.0. The van der Waals surface area contributed by atoms with Gasteiger partial charge >= 0.3 is 0 Å². The highest BCUT2D eigenvalue weighted by molar-refractivity contribution is 7.93. The number of halogens is 1. The van der Waals surface area contributed by atoms with Gasteiger partial charge in [-0.15, -0.1) is 11.3 Å². The van der Waals surface area contributed by atoms with Crippen LogP contribution in [0.1, 0.15) is 0 Å². The van der Waals surface area contributed by atoms with Gasteiger partial charge in [0.15, 0.2) is 5.13 Å². The summed E-state index contributed by atoms with van der Waals surface area (Å²) in [4.78, 5) is 8.33. The lowest BCUT2D eigenvalue weighted by molar-refractivity contribution is 0.598. The lowest BCUT2D eigenvalue weighted by Crippen LogP contribution is -2.46. The van der Waals surface area contributed by atoms with Gasteiger partial charge in [0, 0.05) is 43.4 Å². The van der Waals surface area contributed by atoms with Gasteiger partial charge in [0.1, 0.15) is 5.82 Å². The lowest BCUT2D eigenvalue weighted by Gasteiger charge is -2.37. The van der Waals surface area contributed by atoms with Crippen molar-refractivity contribution in [2.24, 2.45) is 0 Å². The summed E-state index contributed by atoms with van der Waals surface area (Å²) < 4.78 is 41.3. The van der Waals surface area contributed by atoms with Crippen LogP contribution in [0.2, 0.25) is 0 Å². The third kappa shape index (κ3) is 3.95. The minimum atomic E-state index is -3.65. The molecular weight excluding hydrogens is 399 g/mol. The molecule has 0 atom stereocenters. The molecule has 0 spiro atoms. The second-order valence-electron chi connectivity index (χ2n) is 6.36. The Kier molecular flexibility index (Phi) is 5.19. The number of hydrogen-bond donors (Lipinski definition) is 1. The quantitative estimate of drug-likeness (QED) is 0.688. The van der Waals surface area contributed by atoms with Crippen LogP contribution in [0.3, 0.4) is 0 Å². The molecule has 2 aromatic carbocycles. The number of aromatic nitrogens is 1. The number of benzene rings is 2. The Labute approximate surface area is 167 Å². The molecule has 1 N–H and O–H groups in total. The molecule has 6 nitrogen and oxygen atoms in total. The van der Waals surface area contributed by atoms with Crippen LogP contribution in [0.15, 0.2) is 65.0 Å². The zero-order chi connectivity index (χ0) is 19.6. The molecule has 0 radical (unpaired) electrons. The molecule has 3 aromatic rings. The summed E-state index contributed by atoms with van der Waals surface area (Å²) in [5, 5.41) is 2.05. The predicted octanol–water partition coefficient (Wildman–Crippen LogP) is 3.41. The average Bonchev–Trinajstić information content (AvgIpc) is 3.21. The van der Waals surface area contributed by atoms with Gasteiger partial charge in [0.05, 0.1) is 10.6 Å². The Morgan fingerprint density at radius 1 is 0.964 bits per heavy atom.